The van der Waals surface area contributed by atoms with E-state index in [9.17, 15) is 23.1 Å². The molecule has 4 N–H and O–H groups in total. The number of hydrogen-bond acceptors (Lipinski definition) is 6. The molecule has 0 aromatic heterocycles. The second-order valence-electron chi connectivity index (χ2n) is 7.91. The average molecular weight is 413 g/mol. The van der Waals surface area contributed by atoms with Gasteiger partial charge in [-0.3, -0.25) is 15.0 Å². The SMILES string of the molecule is C[C@@H](c1ccc(C(F)(F)F)cc1)N1NC(CO)C2C(=O)NC(N3CCCC3)NC21. The second kappa shape index (κ2) is 7.84. The van der Waals surface area contributed by atoms with Gasteiger partial charge in [0.1, 0.15) is 6.29 Å². The third-order valence-electron chi connectivity index (χ3n) is 6.14. The number of halogens is 3. The van der Waals surface area contributed by atoms with Crippen molar-refractivity contribution in [3.63, 3.8) is 0 Å². The van der Waals surface area contributed by atoms with Crippen LogP contribution in [-0.4, -0.2) is 59.1 Å². The molecular formula is C19H26F3N5O2. The normalized spacial score (nSPS) is 32.2. The van der Waals surface area contributed by atoms with Gasteiger partial charge in [-0.05, 0) is 37.5 Å². The number of rotatable bonds is 4. The zero-order chi connectivity index (χ0) is 20.8. The summed E-state index contributed by atoms with van der Waals surface area (Å²) in [7, 11) is 0. The molecular weight excluding hydrogens is 387 g/mol. The molecule has 3 aliphatic heterocycles. The first-order valence-corrected chi connectivity index (χ1v) is 9.92. The molecule has 160 valence electrons. The minimum atomic E-state index is -4.38. The van der Waals surface area contributed by atoms with E-state index in [1.165, 1.54) is 12.1 Å². The van der Waals surface area contributed by atoms with E-state index in [4.69, 9.17) is 0 Å². The van der Waals surface area contributed by atoms with Gasteiger partial charge in [0, 0.05) is 19.1 Å². The standard InChI is InChI=1S/C19H26F3N5O2/c1-11(12-4-6-13(7-5-12)19(20,21)22)27-16-15(14(10-28)25-27)17(29)24-18(23-16)26-8-2-3-9-26/h4-7,11,14-16,18,23,25,28H,2-3,8-10H2,1H3,(H,24,29)/t11-,14?,15?,16?,18?/m0/s1. The van der Waals surface area contributed by atoms with Crippen molar-refractivity contribution < 1.29 is 23.1 Å². The lowest BCUT2D eigenvalue weighted by molar-refractivity contribution is -0.137. The number of carbonyl (C=O) groups excluding carboxylic acids is 1. The number of benzene rings is 1. The highest BCUT2D eigenvalue weighted by Gasteiger charge is 2.51. The number of aliphatic hydroxyl groups is 1. The Morgan fingerprint density at radius 2 is 1.86 bits per heavy atom. The minimum Gasteiger partial charge on any atom is -0.395 e. The van der Waals surface area contributed by atoms with Crippen LogP contribution in [0.2, 0.25) is 0 Å². The maximum absolute atomic E-state index is 12.9. The summed E-state index contributed by atoms with van der Waals surface area (Å²) in [5.41, 5.74) is 3.18. The van der Waals surface area contributed by atoms with Gasteiger partial charge >= 0.3 is 6.18 Å². The summed E-state index contributed by atoms with van der Waals surface area (Å²) in [6.07, 6.45) is -2.92. The molecule has 0 aliphatic carbocycles. The lowest BCUT2D eigenvalue weighted by Gasteiger charge is -2.42. The Morgan fingerprint density at radius 3 is 2.45 bits per heavy atom. The van der Waals surface area contributed by atoms with Crippen LogP contribution in [0.25, 0.3) is 0 Å². The van der Waals surface area contributed by atoms with E-state index in [2.05, 4.69) is 21.0 Å². The molecule has 1 aromatic carbocycles. The third kappa shape index (κ3) is 3.87. The molecule has 4 rings (SSSR count). The first kappa shape index (κ1) is 20.5. The van der Waals surface area contributed by atoms with Gasteiger partial charge in [-0.2, -0.15) is 13.2 Å². The van der Waals surface area contributed by atoms with E-state index in [-0.39, 0.29) is 31.0 Å². The van der Waals surface area contributed by atoms with Crippen LogP contribution < -0.4 is 16.1 Å². The largest absolute Gasteiger partial charge is 0.416 e. The van der Waals surface area contributed by atoms with E-state index >= 15 is 0 Å². The van der Waals surface area contributed by atoms with Crippen molar-refractivity contribution in [1.29, 1.82) is 0 Å². The Bertz CT molecular complexity index is 738. The predicted octanol–water partition coefficient (Wildman–Crippen LogP) is 0.989. The molecule has 1 amide bonds. The fourth-order valence-electron chi connectivity index (χ4n) is 4.50. The summed E-state index contributed by atoms with van der Waals surface area (Å²) < 4.78 is 38.6. The average Bonchev–Trinajstić information content (AvgIpc) is 3.35. The van der Waals surface area contributed by atoms with Crippen LogP contribution in [-0.2, 0) is 11.0 Å². The lowest BCUT2D eigenvalue weighted by atomic mass is 9.95. The molecule has 29 heavy (non-hydrogen) atoms. The number of alkyl halides is 3. The molecule has 3 heterocycles. The minimum absolute atomic E-state index is 0.140. The summed E-state index contributed by atoms with van der Waals surface area (Å²) >= 11 is 0. The number of carbonyl (C=O) groups is 1. The van der Waals surface area contributed by atoms with Gasteiger partial charge in [0.2, 0.25) is 5.91 Å². The molecule has 7 nitrogen and oxygen atoms in total. The van der Waals surface area contributed by atoms with Crippen LogP contribution in [0.15, 0.2) is 24.3 Å². The highest BCUT2D eigenvalue weighted by molar-refractivity contribution is 5.81. The summed E-state index contributed by atoms with van der Waals surface area (Å²) in [4.78, 5) is 15.0. The molecule has 0 spiro atoms. The first-order valence-electron chi connectivity index (χ1n) is 9.92. The van der Waals surface area contributed by atoms with Crippen LogP contribution in [0.4, 0.5) is 13.2 Å². The Morgan fingerprint density at radius 1 is 1.21 bits per heavy atom. The zero-order valence-corrected chi connectivity index (χ0v) is 16.1. The van der Waals surface area contributed by atoms with Crippen LogP contribution in [0.3, 0.4) is 0 Å². The Balaban J connectivity index is 1.56. The topological polar surface area (TPSA) is 79.9 Å². The number of aliphatic hydroxyl groups excluding tert-OH is 1. The van der Waals surface area contributed by atoms with Gasteiger partial charge in [0.25, 0.3) is 0 Å². The molecule has 3 saturated heterocycles. The number of fused-ring (bicyclic) bond motifs is 1. The van der Waals surface area contributed by atoms with Crippen molar-refractivity contribution in [3.05, 3.63) is 35.4 Å². The van der Waals surface area contributed by atoms with Crippen LogP contribution in [0.1, 0.15) is 36.9 Å². The predicted molar refractivity (Wildman–Crippen MR) is 98.9 cm³/mol. The van der Waals surface area contributed by atoms with E-state index < -0.39 is 23.7 Å². The van der Waals surface area contributed by atoms with Gasteiger partial charge < -0.3 is 10.4 Å². The quantitative estimate of drug-likeness (QED) is 0.590. The van der Waals surface area contributed by atoms with Crippen molar-refractivity contribution in [2.75, 3.05) is 19.7 Å². The number of hydrogen-bond donors (Lipinski definition) is 4. The molecule has 5 atom stereocenters. The number of hydrazine groups is 1. The molecule has 4 unspecified atom stereocenters. The van der Waals surface area contributed by atoms with Gasteiger partial charge in [-0.1, -0.05) is 12.1 Å². The van der Waals surface area contributed by atoms with E-state index in [1.807, 2.05) is 11.9 Å². The fraction of sp³-hybridized carbons (Fsp3) is 0.632. The van der Waals surface area contributed by atoms with Crippen molar-refractivity contribution in [2.45, 2.75) is 50.5 Å². The molecule has 1 aromatic rings. The highest BCUT2D eigenvalue weighted by Crippen LogP contribution is 2.34. The smallest absolute Gasteiger partial charge is 0.395 e. The van der Waals surface area contributed by atoms with Crippen molar-refractivity contribution in [3.8, 4) is 0 Å². The number of nitrogens with zero attached hydrogens (tertiary/aromatic N) is 2. The number of amides is 1. The van der Waals surface area contributed by atoms with Crippen LogP contribution in [0.5, 0.6) is 0 Å². The maximum atomic E-state index is 12.9. The molecule has 0 saturated carbocycles. The Hall–Kier alpha value is -1.72. The molecule has 0 bridgehead atoms. The first-order chi connectivity index (χ1) is 13.8. The third-order valence-corrected chi connectivity index (χ3v) is 6.14. The highest BCUT2D eigenvalue weighted by atomic mass is 19.4. The zero-order valence-electron chi connectivity index (χ0n) is 16.1. The van der Waals surface area contributed by atoms with Crippen LogP contribution >= 0.6 is 0 Å². The van der Waals surface area contributed by atoms with Gasteiger partial charge in [-0.15, -0.1) is 0 Å². The summed E-state index contributed by atoms with van der Waals surface area (Å²) in [6, 6.07) is 4.27. The summed E-state index contributed by atoms with van der Waals surface area (Å²) in [5.74, 6) is -0.643. The van der Waals surface area contributed by atoms with E-state index in [0.29, 0.717) is 5.56 Å². The molecule has 3 fully saturated rings. The van der Waals surface area contributed by atoms with E-state index in [1.54, 1.807) is 0 Å². The van der Waals surface area contributed by atoms with Crippen molar-refractivity contribution in [1.82, 2.24) is 26.0 Å². The maximum Gasteiger partial charge on any atom is 0.416 e. The molecule has 10 heteroatoms. The number of likely N-dealkylation sites (tertiary alicyclic amines) is 1. The van der Waals surface area contributed by atoms with Gasteiger partial charge in [-0.25, -0.2) is 10.4 Å². The Labute approximate surface area is 167 Å². The lowest BCUT2D eigenvalue weighted by Crippen LogP contribution is -2.69. The molecule has 0 radical (unpaired) electrons. The number of nitrogens with one attached hydrogen (secondary N) is 3. The van der Waals surface area contributed by atoms with Gasteiger partial charge in [0.15, 0.2) is 0 Å². The fourth-order valence-corrected chi connectivity index (χ4v) is 4.50. The van der Waals surface area contributed by atoms with Crippen molar-refractivity contribution in [2.24, 2.45) is 5.92 Å². The Kier molecular flexibility index (Phi) is 5.56. The van der Waals surface area contributed by atoms with E-state index in [0.717, 1.165) is 38.1 Å². The van der Waals surface area contributed by atoms with Gasteiger partial charge in [0.05, 0.1) is 30.3 Å². The monoisotopic (exact) mass is 413 g/mol. The summed E-state index contributed by atoms with van der Waals surface area (Å²) in [5, 5.41) is 18.1. The summed E-state index contributed by atoms with van der Waals surface area (Å²) in [6.45, 7) is 3.42. The molecule has 3 aliphatic rings. The van der Waals surface area contributed by atoms with Crippen LogP contribution in [0, 0.1) is 5.92 Å². The van der Waals surface area contributed by atoms with Crippen molar-refractivity contribution >= 4 is 5.91 Å². The second-order valence-corrected chi connectivity index (χ2v) is 7.91.